The Morgan fingerprint density at radius 1 is 1.43 bits per heavy atom. The number of likely N-dealkylation sites (tertiary alicyclic amines) is 1. The number of carbonyl (C=O) groups is 1. The summed E-state index contributed by atoms with van der Waals surface area (Å²) in [4.78, 5) is 13.3. The van der Waals surface area contributed by atoms with Crippen molar-refractivity contribution in [3.05, 3.63) is 29.3 Å². The number of aliphatic carboxylic acids is 1. The summed E-state index contributed by atoms with van der Waals surface area (Å²) in [6, 6.07) is 5.19. The predicted octanol–water partition coefficient (Wildman–Crippen LogP) is 1.64. The van der Waals surface area contributed by atoms with Gasteiger partial charge in [-0.1, -0.05) is 6.07 Å². The molecule has 0 amide bonds. The van der Waals surface area contributed by atoms with Crippen LogP contribution in [0.25, 0.3) is 0 Å². The molecule has 0 saturated carbocycles. The smallest absolute Gasteiger partial charge is 0.321 e. The van der Waals surface area contributed by atoms with E-state index in [1.54, 1.807) is 7.11 Å². The van der Waals surface area contributed by atoms with Crippen molar-refractivity contribution in [3.8, 4) is 5.75 Å². The van der Waals surface area contributed by atoms with Crippen LogP contribution in [0.3, 0.4) is 0 Å². The number of hydrogen-bond donors (Lipinski definition) is 2. The Hall–Kier alpha value is -1.63. The number of carboxylic acid groups (broad SMARTS) is 1. The molecule has 1 aliphatic rings. The van der Waals surface area contributed by atoms with Crippen molar-refractivity contribution < 1.29 is 24.5 Å². The van der Waals surface area contributed by atoms with E-state index in [1.807, 2.05) is 30.0 Å². The van der Waals surface area contributed by atoms with Gasteiger partial charge >= 0.3 is 5.97 Å². The second-order valence-corrected chi connectivity index (χ2v) is 5.79. The van der Waals surface area contributed by atoms with E-state index in [2.05, 4.69) is 0 Å². The van der Waals surface area contributed by atoms with Crippen molar-refractivity contribution in [2.45, 2.75) is 45.1 Å². The molecule has 2 rings (SSSR count). The first-order valence-electron chi connectivity index (χ1n) is 7.93. The van der Waals surface area contributed by atoms with E-state index in [-0.39, 0.29) is 6.42 Å². The summed E-state index contributed by atoms with van der Waals surface area (Å²) in [5.74, 6) is -0.113. The van der Waals surface area contributed by atoms with Gasteiger partial charge in [0, 0.05) is 25.3 Å². The van der Waals surface area contributed by atoms with Crippen molar-refractivity contribution in [1.82, 2.24) is 4.90 Å². The Morgan fingerprint density at radius 2 is 2.22 bits per heavy atom. The van der Waals surface area contributed by atoms with Crippen LogP contribution in [0.4, 0.5) is 0 Å². The minimum atomic E-state index is -0.883. The third-order valence-electron chi connectivity index (χ3n) is 4.16. The molecule has 23 heavy (non-hydrogen) atoms. The van der Waals surface area contributed by atoms with Crippen LogP contribution in [0.5, 0.6) is 5.75 Å². The number of aliphatic hydroxyl groups is 1. The lowest BCUT2D eigenvalue weighted by molar-refractivity contribution is -0.146. The molecule has 6 nitrogen and oxygen atoms in total. The normalized spacial score (nSPS) is 22.0. The van der Waals surface area contributed by atoms with Gasteiger partial charge in [0.1, 0.15) is 11.8 Å². The highest BCUT2D eigenvalue weighted by atomic mass is 16.5. The number of methoxy groups -OCH3 is 1. The molecule has 1 saturated heterocycles. The van der Waals surface area contributed by atoms with Gasteiger partial charge in [-0.25, -0.2) is 0 Å². The summed E-state index contributed by atoms with van der Waals surface area (Å²) < 4.78 is 10.8. The van der Waals surface area contributed by atoms with E-state index in [4.69, 9.17) is 9.47 Å². The summed E-state index contributed by atoms with van der Waals surface area (Å²) in [5.41, 5.74) is 1.97. The molecule has 0 radical (unpaired) electrons. The molecule has 2 N–H and O–H groups in total. The average Bonchev–Trinajstić information content (AvgIpc) is 2.54. The Bertz CT molecular complexity index is 534. The number of piperidine rings is 1. The van der Waals surface area contributed by atoms with Gasteiger partial charge in [0.25, 0.3) is 0 Å². The molecule has 1 aromatic rings. The summed E-state index contributed by atoms with van der Waals surface area (Å²) in [6.45, 7) is 4.14. The number of nitrogens with zero attached hydrogens (tertiary/aromatic N) is 1. The molecule has 0 bridgehead atoms. The number of hydrogen-bond acceptors (Lipinski definition) is 5. The van der Waals surface area contributed by atoms with Gasteiger partial charge < -0.3 is 19.7 Å². The summed E-state index contributed by atoms with van der Waals surface area (Å²) in [5, 5.41) is 19.1. The number of rotatable bonds is 7. The molecule has 0 spiro atoms. The van der Waals surface area contributed by atoms with E-state index >= 15 is 0 Å². The molecule has 1 aromatic carbocycles. The lowest BCUT2D eigenvalue weighted by Gasteiger charge is -2.35. The SMILES string of the molecule is CCOCc1cc(CN2CC[C@@H](O)C[C@H]2C(=O)O)ccc1OC. The van der Waals surface area contributed by atoms with E-state index in [1.165, 1.54) is 0 Å². The summed E-state index contributed by atoms with van der Waals surface area (Å²) >= 11 is 0. The molecular formula is C17H25NO5. The molecule has 1 fully saturated rings. The average molecular weight is 323 g/mol. The largest absolute Gasteiger partial charge is 0.496 e. The molecule has 128 valence electrons. The number of aliphatic hydroxyl groups excluding tert-OH is 1. The first-order valence-corrected chi connectivity index (χ1v) is 7.93. The molecule has 0 aliphatic carbocycles. The minimum absolute atomic E-state index is 0.275. The standard InChI is InChI=1S/C17H25NO5/c1-3-23-11-13-8-12(4-5-16(13)22-2)10-18-7-6-14(19)9-15(18)17(20)21/h4-5,8,14-15,19H,3,6-7,9-11H2,1-2H3,(H,20,21)/t14-,15+/m1/s1. The minimum Gasteiger partial charge on any atom is -0.496 e. The molecule has 0 aromatic heterocycles. The quantitative estimate of drug-likeness (QED) is 0.794. The first kappa shape index (κ1) is 17.7. The van der Waals surface area contributed by atoms with Crippen molar-refractivity contribution in [3.63, 3.8) is 0 Å². The van der Waals surface area contributed by atoms with Gasteiger partial charge in [0.15, 0.2) is 0 Å². The van der Waals surface area contributed by atoms with Gasteiger partial charge in [-0.2, -0.15) is 0 Å². The topological polar surface area (TPSA) is 79.2 Å². The fourth-order valence-electron chi connectivity index (χ4n) is 2.93. The maximum absolute atomic E-state index is 11.4. The van der Waals surface area contributed by atoms with Crippen LogP contribution in [-0.2, 0) is 22.7 Å². The Labute approximate surface area is 136 Å². The molecular weight excluding hydrogens is 298 g/mol. The zero-order valence-corrected chi connectivity index (χ0v) is 13.7. The highest BCUT2D eigenvalue weighted by molar-refractivity contribution is 5.73. The third kappa shape index (κ3) is 4.67. The molecule has 1 heterocycles. The molecule has 1 aliphatic heterocycles. The lowest BCUT2D eigenvalue weighted by atomic mass is 9.98. The van der Waals surface area contributed by atoms with Gasteiger partial charge in [-0.15, -0.1) is 0 Å². The van der Waals surface area contributed by atoms with E-state index in [0.29, 0.717) is 32.7 Å². The predicted molar refractivity (Wildman–Crippen MR) is 85.4 cm³/mol. The number of benzene rings is 1. The second-order valence-electron chi connectivity index (χ2n) is 5.79. The van der Waals surface area contributed by atoms with Crippen molar-refractivity contribution >= 4 is 5.97 Å². The zero-order chi connectivity index (χ0) is 16.8. The number of ether oxygens (including phenoxy) is 2. The zero-order valence-electron chi connectivity index (χ0n) is 13.7. The highest BCUT2D eigenvalue weighted by Crippen LogP contribution is 2.24. The van der Waals surface area contributed by atoms with Crippen LogP contribution < -0.4 is 4.74 Å². The van der Waals surface area contributed by atoms with Crippen molar-refractivity contribution in [1.29, 1.82) is 0 Å². The Balaban J connectivity index is 2.13. The fourth-order valence-corrected chi connectivity index (χ4v) is 2.93. The summed E-state index contributed by atoms with van der Waals surface area (Å²) in [6.07, 6.45) is 0.347. The van der Waals surface area contributed by atoms with Gasteiger partial charge in [0.05, 0.1) is 19.8 Å². The summed E-state index contributed by atoms with van der Waals surface area (Å²) in [7, 11) is 1.62. The van der Waals surface area contributed by atoms with Gasteiger partial charge in [-0.3, -0.25) is 9.69 Å². The van der Waals surface area contributed by atoms with Gasteiger partial charge in [-0.05, 0) is 37.5 Å². The van der Waals surface area contributed by atoms with Crippen LogP contribution in [0.15, 0.2) is 18.2 Å². The Morgan fingerprint density at radius 3 is 2.87 bits per heavy atom. The van der Waals surface area contributed by atoms with E-state index < -0.39 is 18.1 Å². The number of carboxylic acids is 1. The maximum Gasteiger partial charge on any atom is 0.321 e. The van der Waals surface area contributed by atoms with Crippen LogP contribution >= 0.6 is 0 Å². The third-order valence-corrected chi connectivity index (χ3v) is 4.16. The highest BCUT2D eigenvalue weighted by Gasteiger charge is 2.32. The molecule has 0 unspecified atom stereocenters. The lowest BCUT2D eigenvalue weighted by Crippen LogP contribution is -2.48. The van der Waals surface area contributed by atoms with Gasteiger partial charge in [0.2, 0.25) is 0 Å². The van der Waals surface area contributed by atoms with Crippen LogP contribution in [-0.4, -0.2) is 53.5 Å². The monoisotopic (exact) mass is 323 g/mol. The molecule has 6 heteroatoms. The maximum atomic E-state index is 11.4. The van der Waals surface area contributed by atoms with E-state index in [9.17, 15) is 15.0 Å². The first-order chi connectivity index (χ1) is 11.0. The van der Waals surface area contributed by atoms with Crippen molar-refractivity contribution in [2.24, 2.45) is 0 Å². The fraction of sp³-hybridized carbons (Fsp3) is 0.588. The molecule has 2 atom stereocenters. The van der Waals surface area contributed by atoms with Crippen LogP contribution in [0.1, 0.15) is 30.9 Å². The van der Waals surface area contributed by atoms with Crippen molar-refractivity contribution in [2.75, 3.05) is 20.3 Å². The van der Waals surface area contributed by atoms with Crippen LogP contribution in [0.2, 0.25) is 0 Å². The Kier molecular flexibility index (Phi) is 6.38. The van der Waals surface area contributed by atoms with Crippen LogP contribution in [0, 0.1) is 0 Å². The second kappa shape index (κ2) is 8.29. The van der Waals surface area contributed by atoms with E-state index in [0.717, 1.165) is 16.9 Å².